The van der Waals surface area contributed by atoms with Crippen LogP contribution in [0.5, 0.6) is 0 Å². The zero-order valence-electron chi connectivity index (χ0n) is 19.7. The van der Waals surface area contributed by atoms with E-state index in [1.807, 2.05) is 4.90 Å². The average Bonchev–Trinajstić information content (AvgIpc) is 2.91. The third-order valence-electron chi connectivity index (χ3n) is 6.26. The average molecular weight is 516 g/mol. The fourth-order valence-corrected chi connectivity index (χ4v) is 4.15. The highest BCUT2D eigenvalue weighted by molar-refractivity contribution is 5.98. The molecule has 1 aliphatic heterocycles. The summed E-state index contributed by atoms with van der Waals surface area (Å²) in [4.78, 5) is 29.2. The van der Waals surface area contributed by atoms with E-state index in [1.54, 1.807) is 29.2 Å². The molecule has 0 radical (unpaired) electrons. The maximum absolute atomic E-state index is 13.2. The molecule has 1 heterocycles. The SMILES string of the molecule is O=C(N[C@@H](CO)C(=O)N1CCN(c2ccc(F)cc2)CC1)c1ccc(-c2ccc(C(F)(F)F)cc2)cc1. The Hall–Kier alpha value is -3.92. The molecular weight excluding hydrogens is 490 g/mol. The summed E-state index contributed by atoms with van der Waals surface area (Å²) in [7, 11) is 0. The number of alkyl halides is 3. The Bertz CT molecular complexity index is 1220. The fourth-order valence-electron chi connectivity index (χ4n) is 4.15. The molecule has 6 nitrogen and oxygen atoms in total. The number of nitrogens with one attached hydrogen (secondary N) is 1. The summed E-state index contributed by atoms with van der Waals surface area (Å²) in [6, 6.07) is 15.9. The number of nitrogens with zero attached hydrogens (tertiary/aromatic N) is 2. The van der Waals surface area contributed by atoms with Crippen LogP contribution < -0.4 is 10.2 Å². The number of aliphatic hydroxyl groups is 1. The van der Waals surface area contributed by atoms with Crippen molar-refractivity contribution < 1.29 is 32.3 Å². The van der Waals surface area contributed by atoms with Gasteiger partial charge in [-0.2, -0.15) is 13.2 Å². The van der Waals surface area contributed by atoms with Crippen LogP contribution in [0.25, 0.3) is 11.1 Å². The van der Waals surface area contributed by atoms with Crippen LogP contribution in [-0.2, 0) is 11.0 Å². The van der Waals surface area contributed by atoms with Crippen LogP contribution in [0.15, 0.2) is 72.8 Å². The van der Waals surface area contributed by atoms with E-state index in [1.165, 1.54) is 36.4 Å². The van der Waals surface area contributed by atoms with Gasteiger partial charge in [-0.15, -0.1) is 0 Å². The molecule has 1 atom stereocenters. The van der Waals surface area contributed by atoms with E-state index in [4.69, 9.17) is 0 Å². The van der Waals surface area contributed by atoms with Crippen LogP contribution in [0.1, 0.15) is 15.9 Å². The number of carbonyl (C=O) groups excluding carboxylic acids is 2. The lowest BCUT2D eigenvalue weighted by molar-refractivity contribution is -0.137. The summed E-state index contributed by atoms with van der Waals surface area (Å²) in [5, 5.41) is 12.3. The second-order valence-electron chi connectivity index (χ2n) is 8.65. The quantitative estimate of drug-likeness (QED) is 0.488. The maximum atomic E-state index is 13.2. The Morgan fingerprint density at radius 1 is 0.838 bits per heavy atom. The standard InChI is InChI=1S/C27H25F4N3O3/c28-22-9-11-23(12-10-22)33-13-15-34(16-14-33)26(37)24(17-35)32-25(36)20-3-1-18(2-4-20)19-5-7-21(8-6-19)27(29,30)31/h1-12,24,35H,13-17H2,(H,32,36)/t24-/m0/s1. The first kappa shape index (κ1) is 26.2. The number of aliphatic hydroxyl groups excluding tert-OH is 1. The predicted molar refractivity (Wildman–Crippen MR) is 130 cm³/mol. The molecule has 10 heteroatoms. The molecule has 1 saturated heterocycles. The van der Waals surface area contributed by atoms with Gasteiger partial charge in [-0.25, -0.2) is 4.39 Å². The Morgan fingerprint density at radius 2 is 1.38 bits per heavy atom. The summed E-state index contributed by atoms with van der Waals surface area (Å²) in [6.45, 7) is 1.23. The zero-order valence-corrected chi connectivity index (χ0v) is 19.7. The molecule has 3 aromatic rings. The van der Waals surface area contributed by atoms with Crippen LogP contribution in [0, 0.1) is 5.82 Å². The van der Waals surface area contributed by atoms with Crippen molar-refractivity contribution in [3.05, 3.63) is 89.7 Å². The minimum atomic E-state index is -4.42. The molecule has 0 spiro atoms. The Labute approximate surface area is 211 Å². The minimum Gasteiger partial charge on any atom is -0.394 e. The van der Waals surface area contributed by atoms with Crippen molar-refractivity contribution in [2.75, 3.05) is 37.7 Å². The molecular formula is C27H25F4N3O3. The third-order valence-corrected chi connectivity index (χ3v) is 6.26. The van der Waals surface area contributed by atoms with Gasteiger partial charge in [-0.05, 0) is 59.7 Å². The van der Waals surface area contributed by atoms with Gasteiger partial charge in [0.05, 0.1) is 12.2 Å². The van der Waals surface area contributed by atoms with Crippen LogP contribution >= 0.6 is 0 Å². The summed E-state index contributed by atoms with van der Waals surface area (Å²) in [5.41, 5.74) is 1.52. The van der Waals surface area contributed by atoms with Crippen LogP contribution in [0.3, 0.4) is 0 Å². The number of halogens is 4. The van der Waals surface area contributed by atoms with Crippen LogP contribution in [-0.4, -0.2) is 60.6 Å². The molecule has 194 valence electrons. The highest BCUT2D eigenvalue weighted by Gasteiger charge is 2.30. The summed E-state index contributed by atoms with van der Waals surface area (Å²) < 4.78 is 51.5. The number of benzene rings is 3. The minimum absolute atomic E-state index is 0.239. The van der Waals surface area contributed by atoms with Gasteiger partial charge in [-0.3, -0.25) is 9.59 Å². The number of carbonyl (C=O) groups is 2. The molecule has 1 aliphatic rings. The normalized spacial score (nSPS) is 14.8. The van der Waals surface area contributed by atoms with Gasteiger partial charge in [0, 0.05) is 37.4 Å². The summed E-state index contributed by atoms with van der Waals surface area (Å²) in [6.07, 6.45) is -4.42. The second-order valence-corrected chi connectivity index (χ2v) is 8.65. The molecule has 4 rings (SSSR count). The number of rotatable bonds is 6. The van der Waals surface area contributed by atoms with Crippen molar-refractivity contribution >= 4 is 17.5 Å². The lowest BCUT2D eigenvalue weighted by atomic mass is 10.0. The lowest BCUT2D eigenvalue weighted by Gasteiger charge is -2.37. The number of hydrogen-bond acceptors (Lipinski definition) is 4. The summed E-state index contributed by atoms with van der Waals surface area (Å²) in [5.74, 6) is -1.29. The third kappa shape index (κ3) is 6.26. The maximum Gasteiger partial charge on any atom is 0.416 e. The van der Waals surface area contributed by atoms with E-state index in [2.05, 4.69) is 5.32 Å². The topological polar surface area (TPSA) is 72.9 Å². The van der Waals surface area contributed by atoms with Gasteiger partial charge in [0.2, 0.25) is 5.91 Å². The van der Waals surface area contributed by atoms with Crippen LogP contribution in [0.2, 0.25) is 0 Å². The molecule has 2 N–H and O–H groups in total. The predicted octanol–water partition coefficient (Wildman–Crippen LogP) is 3.95. The van der Waals surface area contributed by atoms with Crippen molar-refractivity contribution in [2.24, 2.45) is 0 Å². The van der Waals surface area contributed by atoms with Crippen molar-refractivity contribution in [3.8, 4) is 11.1 Å². The van der Waals surface area contributed by atoms with Crippen LogP contribution in [0.4, 0.5) is 23.2 Å². The number of anilines is 1. The molecule has 0 aromatic heterocycles. The lowest BCUT2D eigenvalue weighted by Crippen LogP contribution is -2.56. The fraction of sp³-hybridized carbons (Fsp3) is 0.259. The van der Waals surface area contributed by atoms with Gasteiger partial charge in [0.25, 0.3) is 5.91 Å². The zero-order chi connectivity index (χ0) is 26.6. The van der Waals surface area contributed by atoms with Crippen molar-refractivity contribution in [1.29, 1.82) is 0 Å². The molecule has 0 aliphatic carbocycles. The van der Waals surface area contributed by atoms with Gasteiger partial charge < -0.3 is 20.2 Å². The number of piperazine rings is 1. The van der Waals surface area contributed by atoms with E-state index in [0.29, 0.717) is 37.3 Å². The van der Waals surface area contributed by atoms with Gasteiger partial charge in [-0.1, -0.05) is 24.3 Å². The van der Waals surface area contributed by atoms with Gasteiger partial charge in [0.15, 0.2) is 0 Å². The molecule has 37 heavy (non-hydrogen) atoms. The van der Waals surface area contributed by atoms with E-state index in [9.17, 15) is 32.3 Å². The van der Waals surface area contributed by atoms with Crippen molar-refractivity contribution in [3.63, 3.8) is 0 Å². The highest BCUT2D eigenvalue weighted by Crippen LogP contribution is 2.31. The van der Waals surface area contributed by atoms with Crippen molar-refractivity contribution in [1.82, 2.24) is 10.2 Å². The van der Waals surface area contributed by atoms with Gasteiger partial charge in [0.1, 0.15) is 11.9 Å². The molecule has 0 unspecified atom stereocenters. The smallest absolute Gasteiger partial charge is 0.394 e. The first-order valence-electron chi connectivity index (χ1n) is 11.6. The first-order chi connectivity index (χ1) is 17.7. The highest BCUT2D eigenvalue weighted by atomic mass is 19.4. The number of amides is 2. The first-order valence-corrected chi connectivity index (χ1v) is 11.6. The molecule has 3 aromatic carbocycles. The van der Waals surface area contributed by atoms with Crippen molar-refractivity contribution in [2.45, 2.75) is 12.2 Å². The molecule has 2 amide bonds. The van der Waals surface area contributed by atoms with E-state index in [-0.39, 0.29) is 11.4 Å². The molecule has 1 fully saturated rings. The number of hydrogen-bond donors (Lipinski definition) is 2. The molecule has 0 saturated carbocycles. The monoisotopic (exact) mass is 515 g/mol. The Morgan fingerprint density at radius 3 is 1.89 bits per heavy atom. The molecule has 0 bridgehead atoms. The van der Waals surface area contributed by atoms with Gasteiger partial charge >= 0.3 is 6.18 Å². The van der Waals surface area contributed by atoms with E-state index >= 15 is 0 Å². The van der Waals surface area contributed by atoms with E-state index in [0.717, 1.165) is 17.8 Å². The largest absolute Gasteiger partial charge is 0.416 e. The van der Waals surface area contributed by atoms with E-state index < -0.39 is 36.2 Å². The summed E-state index contributed by atoms with van der Waals surface area (Å²) >= 11 is 0. The second kappa shape index (κ2) is 11.0. The Balaban J connectivity index is 1.34. The Kier molecular flexibility index (Phi) is 7.77.